The number of carbonyl (C=O) groups is 2. The SMILES string of the molecule is CC(C)(C)C1CCCCC1C(C)(C)C.O.O=C([O-])[O-].O=C([O-])[O-]. The third-order valence-electron chi connectivity index (χ3n) is 3.99. The second kappa shape index (κ2) is 11.1. The maximum absolute atomic E-state index is 8.33. The van der Waals surface area contributed by atoms with Gasteiger partial charge in [0.05, 0.1) is 0 Å². The summed E-state index contributed by atoms with van der Waals surface area (Å²) in [5.74, 6) is 1.85. The fourth-order valence-electron chi connectivity index (χ4n) is 3.20. The van der Waals surface area contributed by atoms with Crippen LogP contribution in [0.15, 0.2) is 0 Å². The zero-order chi connectivity index (χ0) is 18.1. The van der Waals surface area contributed by atoms with Crippen molar-refractivity contribution in [1.82, 2.24) is 0 Å². The highest BCUT2D eigenvalue weighted by Gasteiger charge is 2.39. The van der Waals surface area contributed by atoms with Gasteiger partial charge < -0.3 is 35.5 Å². The summed E-state index contributed by atoms with van der Waals surface area (Å²) in [6, 6.07) is 0. The maximum Gasteiger partial charge on any atom is -0.0332 e. The van der Waals surface area contributed by atoms with Gasteiger partial charge >= 0.3 is 0 Å². The van der Waals surface area contributed by atoms with E-state index in [0.29, 0.717) is 10.8 Å². The molecule has 1 fully saturated rings. The highest BCUT2D eigenvalue weighted by atomic mass is 16.6. The van der Waals surface area contributed by atoms with Gasteiger partial charge in [-0.25, -0.2) is 0 Å². The van der Waals surface area contributed by atoms with Crippen LogP contribution in [-0.2, 0) is 0 Å². The van der Waals surface area contributed by atoms with Gasteiger partial charge in [-0.2, -0.15) is 0 Å². The predicted molar refractivity (Wildman–Crippen MR) is 78.8 cm³/mol. The second-order valence-electron chi connectivity index (χ2n) is 7.73. The molecule has 0 bridgehead atoms. The summed E-state index contributed by atoms with van der Waals surface area (Å²) >= 11 is 0. The predicted octanol–water partition coefficient (Wildman–Crippen LogP) is -0.834. The van der Waals surface area contributed by atoms with Gasteiger partial charge in [0.15, 0.2) is 0 Å². The molecule has 23 heavy (non-hydrogen) atoms. The molecule has 0 amide bonds. The average Bonchev–Trinajstić information content (AvgIpc) is 2.25. The molecular weight excluding hydrogens is 304 g/mol. The zero-order valence-corrected chi connectivity index (χ0v) is 14.9. The van der Waals surface area contributed by atoms with Gasteiger partial charge in [0, 0.05) is 0 Å². The van der Waals surface area contributed by atoms with E-state index in [9.17, 15) is 0 Å². The molecule has 0 saturated heterocycles. The fraction of sp³-hybridized carbons (Fsp3) is 0.875. The van der Waals surface area contributed by atoms with Gasteiger partial charge in [0.2, 0.25) is 0 Å². The van der Waals surface area contributed by atoms with Gasteiger partial charge in [0.25, 0.3) is 0 Å². The van der Waals surface area contributed by atoms with Crippen molar-refractivity contribution in [2.75, 3.05) is 0 Å². The molecule has 1 saturated carbocycles. The summed E-state index contributed by atoms with van der Waals surface area (Å²) in [4.78, 5) is 16.7. The normalized spacial score (nSPS) is 20.6. The van der Waals surface area contributed by atoms with E-state index in [2.05, 4.69) is 41.5 Å². The van der Waals surface area contributed by atoms with Crippen LogP contribution in [0.4, 0.5) is 9.59 Å². The van der Waals surface area contributed by atoms with Crippen LogP contribution in [0.2, 0.25) is 0 Å². The monoisotopic (exact) mass is 334 g/mol. The summed E-state index contributed by atoms with van der Waals surface area (Å²) in [5.41, 5.74) is 0.997. The van der Waals surface area contributed by atoms with E-state index < -0.39 is 12.3 Å². The van der Waals surface area contributed by atoms with Crippen LogP contribution < -0.4 is 20.4 Å². The number of rotatable bonds is 0. The Labute approximate surface area is 138 Å². The van der Waals surface area contributed by atoms with Crippen LogP contribution in [0.5, 0.6) is 0 Å². The van der Waals surface area contributed by atoms with Crippen molar-refractivity contribution in [1.29, 1.82) is 0 Å². The smallest absolute Gasteiger partial charge is 0.0332 e. The summed E-state index contributed by atoms with van der Waals surface area (Å²) in [5, 5.41) is 33.3. The third kappa shape index (κ3) is 15.2. The molecule has 7 heteroatoms. The Hall–Kier alpha value is -1.50. The number of hydrogen-bond donors (Lipinski definition) is 0. The molecule has 7 nitrogen and oxygen atoms in total. The first-order valence-electron chi connectivity index (χ1n) is 7.45. The molecule has 2 N–H and O–H groups in total. The minimum Gasteiger partial charge on any atom is -0.652 e. The van der Waals surface area contributed by atoms with E-state index in [4.69, 9.17) is 30.0 Å². The van der Waals surface area contributed by atoms with Crippen molar-refractivity contribution in [3.8, 4) is 0 Å². The Morgan fingerprint density at radius 1 is 0.696 bits per heavy atom. The van der Waals surface area contributed by atoms with Crippen LogP contribution in [0.1, 0.15) is 67.2 Å². The Kier molecular flexibility index (Phi) is 12.7. The van der Waals surface area contributed by atoms with Crippen LogP contribution in [0, 0.1) is 22.7 Å². The lowest BCUT2D eigenvalue weighted by atomic mass is 9.59. The molecule has 0 aromatic heterocycles. The molecule has 0 aromatic carbocycles. The van der Waals surface area contributed by atoms with Crippen molar-refractivity contribution >= 4 is 12.3 Å². The lowest BCUT2D eigenvalue weighted by Crippen LogP contribution is -2.38. The lowest BCUT2D eigenvalue weighted by Gasteiger charge is -2.46. The Morgan fingerprint density at radius 3 is 1.00 bits per heavy atom. The summed E-state index contributed by atoms with van der Waals surface area (Å²) in [7, 11) is 0. The van der Waals surface area contributed by atoms with Crippen LogP contribution >= 0.6 is 0 Å². The molecule has 0 aliphatic heterocycles. The summed E-state index contributed by atoms with van der Waals surface area (Å²) < 4.78 is 0. The largest absolute Gasteiger partial charge is 0.652 e. The van der Waals surface area contributed by atoms with Crippen LogP contribution in [-0.4, -0.2) is 17.8 Å². The first kappa shape index (κ1) is 26.4. The number of carbonyl (C=O) groups excluding carboxylic acids is 2. The van der Waals surface area contributed by atoms with Crippen LogP contribution in [0.25, 0.3) is 0 Å². The fourth-order valence-corrected chi connectivity index (χ4v) is 3.20. The molecular formula is C16H30O7-4. The lowest BCUT2D eigenvalue weighted by molar-refractivity contribution is -0.417. The van der Waals surface area contributed by atoms with E-state index >= 15 is 0 Å². The van der Waals surface area contributed by atoms with Gasteiger partial charge in [-0.05, 0) is 47.8 Å². The highest BCUT2D eigenvalue weighted by molar-refractivity contribution is 5.47. The molecule has 0 spiro atoms. The Morgan fingerprint density at radius 2 is 0.870 bits per heavy atom. The zero-order valence-electron chi connectivity index (χ0n) is 14.9. The average molecular weight is 334 g/mol. The van der Waals surface area contributed by atoms with Crippen molar-refractivity contribution in [2.24, 2.45) is 22.7 Å². The molecule has 2 unspecified atom stereocenters. The quantitative estimate of drug-likeness (QED) is 0.562. The summed E-state index contributed by atoms with van der Waals surface area (Å²) in [6.07, 6.45) is 1.14. The first-order chi connectivity index (χ1) is 9.69. The molecule has 0 radical (unpaired) electrons. The topological polar surface area (TPSA) is 158 Å². The molecule has 2 atom stereocenters. The number of hydrogen-bond acceptors (Lipinski definition) is 6. The van der Waals surface area contributed by atoms with Crippen LogP contribution in [0.3, 0.4) is 0 Å². The van der Waals surface area contributed by atoms with E-state index in [-0.39, 0.29) is 5.48 Å². The number of carboxylic acid groups (broad SMARTS) is 4. The van der Waals surface area contributed by atoms with Crippen molar-refractivity contribution in [3.05, 3.63) is 0 Å². The Bertz CT molecular complexity index is 297. The summed E-state index contributed by atoms with van der Waals surface area (Å²) in [6.45, 7) is 14.5. The molecule has 1 rings (SSSR count). The standard InChI is InChI=1S/C14H28.2CH2O3.H2O/c1-13(2,3)11-9-7-8-10-12(11)14(4,5)6;2*2-1(3)4;/h11-12H,7-10H2,1-6H3;2*(H2,2,3,4);1H2/p-4. The van der Waals surface area contributed by atoms with E-state index in [1.54, 1.807) is 0 Å². The van der Waals surface area contributed by atoms with Gasteiger partial charge in [-0.3, -0.25) is 0 Å². The van der Waals surface area contributed by atoms with E-state index in [0.717, 1.165) is 11.8 Å². The minimum absolute atomic E-state index is 0. The second-order valence-corrected chi connectivity index (χ2v) is 7.73. The molecule has 0 heterocycles. The molecule has 1 aliphatic carbocycles. The third-order valence-corrected chi connectivity index (χ3v) is 3.99. The molecule has 0 aromatic rings. The van der Waals surface area contributed by atoms with Gasteiger partial charge in [0.1, 0.15) is 0 Å². The maximum atomic E-state index is 8.33. The van der Waals surface area contributed by atoms with E-state index in [1.165, 1.54) is 25.7 Å². The highest BCUT2D eigenvalue weighted by Crippen LogP contribution is 2.48. The van der Waals surface area contributed by atoms with Gasteiger partial charge in [-0.1, -0.05) is 54.4 Å². The van der Waals surface area contributed by atoms with Crippen molar-refractivity contribution in [3.63, 3.8) is 0 Å². The van der Waals surface area contributed by atoms with Crippen molar-refractivity contribution < 1.29 is 35.5 Å². The van der Waals surface area contributed by atoms with E-state index in [1.807, 2.05) is 0 Å². The minimum atomic E-state index is -2.33. The van der Waals surface area contributed by atoms with Crippen molar-refractivity contribution in [2.45, 2.75) is 67.2 Å². The molecule has 140 valence electrons. The molecule has 1 aliphatic rings. The van der Waals surface area contributed by atoms with Gasteiger partial charge in [-0.15, -0.1) is 0 Å². The Balaban J connectivity index is -0.000000374. The first-order valence-corrected chi connectivity index (χ1v) is 7.45.